The van der Waals surface area contributed by atoms with Crippen molar-refractivity contribution in [1.82, 2.24) is 0 Å². The van der Waals surface area contributed by atoms with Gasteiger partial charge in [-0.25, -0.2) is 9.59 Å². The summed E-state index contributed by atoms with van der Waals surface area (Å²) in [5.41, 5.74) is -1.02. The number of hydrogen-bond donors (Lipinski definition) is 6. The monoisotopic (exact) mass is 693 g/mol. The number of carbonyl (C=O) groups excluding carboxylic acids is 3. The lowest BCUT2D eigenvalue weighted by atomic mass is 9.91. The Morgan fingerprint density at radius 3 is 1.63 bits per heavy atom. The van der Waals surface area contributed by atoms with E-state index in [1.807, 2.05) is 27.7 Å². The number of aliphatic hydroxyl groups is 1. The van der Waals surface area contributed by atoms with Crippen molar-refractivity contribution in [3.63, 3.8) is 0 Å². The highest BCUT2D eigenvalue weighted by atomic mass is 16.6. The summed E-state index contributed by atoms with van der Waals surface area (Å²) < 4.78 is 19.8. The molecule has 272 valence electrons. The highest BCUT2D eigenvalue weighted by Crippen LogP contribution is 2.26. The molecule has 0 aliphatic carbocycles. The minimum Gasteiger partial charge on any atom is -0.504 e. The quantitative estimate of drug-likeness (QED) is 0.0785. The molecule has 6 N–H and O–H groups in total. The summed E-state index contributed by atoms with van der Waals surface area (Å²) in [6, 6.07) is 8.53. The van der Waals surface area contributed by atoms with E-state index < -0.39 is 40.9 Å². The van der Waals surface area contributed by atoms with E-state index in [2.05, 4.69) is 0 Å². The molecule has 0 bridgehead atoms. The first-order chi connectivity index (χ1) is 22.8. The Morgan fingerprint density at radius 2 is 1.22 bits per heavy atom. The molecule has 15 heteroatoms. The highest BCUT2D eigenvalue weighted by Gasteiger charge is 2.31. The van der Waals surface area contributed by atoms with Crippen LogP contribution in [0.15, 0.2) is 36.4 Å². The van der Waals surface area contributed by atoms with E-state index in [9.17, 15) is 29.4 Å². The summed E-state index contributed by atoms with van der Waals surface area (Å²) >= 11 is 0. The van der Waals surface area contributed by atoms with Gasteiger partial charge in [0.25, 0.3) is 0 Å². The molecule has 2 aromatic carbocycles. The van der Waals surface area contributed by atoms with E-state index in [0.717, 1.165) is 37.3 Å². The van der Waals surface area contributed by atoms with Gasteiger partial charge in [-0.1, -0.05) is 13.8 Å². The largest absolute Gasteiger partial charge is 0.504 e. The van der Waals surface area contributed by atoms with Crippen LogP contribution < -0.4 is 0 Å². The van der Waals surface area contributed by atoms with Crippen molar-refractivity contribution in [1.29, 1.82) is 5.26 Å². The van der Waals surface area contributed by atoms with Gasteiger partial charge in [0, 0.05) is 6.92 Å². The van der Waals surface area contributed by atoms with Crippen LogP contribution in [0.3, 0.4) is 0 Å². The number of nitrogens with zero attached hydrogens (tertiary/aromatic N) is 1. The summed E-state index contributed by atoms with van der Waals surface area (Å²) in [5.74, 6) is -4.03. The number of carboxylic acids is 1. The number of hydrogen-bond acceptors (Lipinski definition) is 14. The van der Waals surface area contributed by atoms with Gasteiger partial charge in [0.1, 0.15) is 32.0 Å². The number of phenols is 4. The number of phenolic OH excluding ortho intramolecular Hbond substituents is 4. The Morgan fingerprint density at radius 1 is 0.816 bits per heavy atom. The van der Waals surface area contributed by atoms with Crippen molar-refractivity contribution in [2.24, 2.45) is 10.8 Å². The third-order valence-electron chi connectivity index (χ3n) is 6.92. The maximum atomic E-state index is 11.7. The van der Waals surface area contributed by atoms with E-state index in [-0.39, 0.29) is 53.3 Å². The third-order valence-corrected chi connectivity index (χ3v) is 6.92. The Kier molecular flexibility index (Phi) is 18.8. The normalized spacial score (nSPS) is 13.6. The second-order valence-corrected chi connectivity index (χ2v) is 11.8. The van der Waals surface area contributed by atoms with E-state index >= 15 is 0 Å². The molecular weight excluding hydrogens is 646 g/mol. The maximum Gasteiger partial charge on any atom is 0.338 e. The van der Waals surface area contributed by atoms with Gasteiger partial charge in [-0.15, -0.1) is 0 Å². The zero-order valence-corrected chi connectivity index (χ0v) is 28.8. The molecule has 1 saturated heterocycles. The van der Waals surface area contributed by atoms with Gasteiger partial charge in [0.15, 0.2) is 23.0 Å². The zero-order chi connectivity index (χ0) is 37.9. The predicted molar refractivity (Wildman–Crippen MR) is 174 cm³/mol. The van der Waals surface area contributed by atoms with Crippen LogP contribution in [0.5, 0.6) is 23.0 Å². The lowest BCUT2D eigenvalue weighted by Crippen LogP contribution is -2.31. The van der Waals surface area contributed by atoms with Crippen LogP contribution in [-0.4, -0.2) is 93.2 Å². The molecule has 0 aromatic heterocycles. The highest BCUT2D eigenvalue weighted by molar-refractivity contribution is 5.90. The van der Waals surface area contributed by atoms with Crippen LogP contribution in [0.25, 0.3) is 0 Å². The first-order valence-corrected chi connectivity index (χ1v) is 15.1. The first-order valence-electron chi connectivity index (χ1n) is 15.1. The molecule has 3 rings (SSSR count). The minimum absolute atomic E-state index is 0.0246. The van der Waals surface area contributed by atoms with Crippen LogP contribution in [0.2, 0.25) is 0 Å². The van der Waals surface area contributed by atoms with E-state index in [1.54, 1.807) is 19.9 Å². The molecule has 2 aromatic rings. The summed E-state index contributed by atoms with van der Waals surface area (Å²) in [4.78, 5) is 45.1. The molecule has 49 heavy (non-hydrogen) atoms. The van der Waals surface area contributed by atoms with Crippen LogP contribution >= 0.6 is 0 Å². The molecule has 15 nitrogen and oxygen atoms in total. The fourth-order valence-corrected chi connectivity index (χ4v) is 2.79. The number of aliphatic hydroxyl groups excluding tert-OH is 1. The zero-order valence-electron chi connectivity index (χ0n) is 28.8. The van der Waals surface area contributed by atoms with Crippen LogP contribution in [-0.2, 0) is 28.5 Å². The van der Waals surface area contributed by atoms with E-state index in [4.69, 9.17) is 44.6 Å². The van der Waals surface area contributed by atoms with Gasteiger partial charge >= 0.3 is 23.9 Å². The molecule has 1 aliphatic rings. The van der Waals surface area contributed by atoms with Gasteiger partial charge in [-0.3, -0.25) is 9.59 Å². The summed E-state index contributed by atoms with van der Waals surface area (Å²) in [5, 5.41) is 61.5. The standard InChI is InChI=1S/C16H22O7.C9H16O3.C7H6O4.C2H3N/c1-4-16(2,3)15(21)23-9-11(17)8-22-14(20)10-5-6-12(18)13(19)7-10;1-4-9(2,3)8(10)12-6-7-5-11-7;8-5-2-1-4(7(10)11)3-6(5)9;1-2-3/h5-7,11,17-19H,4,8-9H2,1-3H3;7H,4-6H2,1-3H3;1-3,8-9H,(H,10,11);1H3. The topological polar surface area (TPSA) is 254 Å². The van der Waals surface area contributed by atoms with Crippen LogP contribution in [0, 0.1) is 22.2 Å². The SMILES string of the molecule is CC#N.CCC(C)(C)C(=O)OCC(O)COC(=O)c1ccc(O)c(O)c1.CCC(C)(C)C(=O)OCC1CO1.O=C(O)c1ccc(O)c(O)c1. The number of carbonyl (C=O) groups is 4. The van der Waals surface area contributed by atoms with Crippen molar-refractivity contribution in [3.05, 3.63) is 47.5 Å². The van der Waals surface area contributed by atoms with Crippen molar-refractivity contribution in [2.75, 3.05) is 26.4 Å². The summed E-state index contributed by atoms with van der Waals surface area (Å²) in [6.45, 7) is 13.0. The molecular formula is C34H47NO14. The molecule has 0 saturated carbocycles. The average molecular weight is 694 g/mol. The van der Waals surface area contributed by atoms with Crippen molar-refractivity contribution in [2.45, 2.75) is 73.5 Å². The summed E-state index contributed by atoms with van der Waals surface area (Å²) in [7, 11) is 0. The van der Waals surface area contributed by atoms with Crippen LogP contribution in [0.1, 0.15) is 82.0 Å². The number of aromatic carboxylic acids is 1. The lowest BCUT2D eigenvalue weighted by Gasteiger charge is -2.21. The number of rotatable bonds is 12. The number of epoxide rings is 1. The fraction of sp³-hybridized carbons (Fsp3) is 0.500. The van der Waals surface area contributed by atoms with Gasteiger partial charge in [0.05, 0.1) is 34.6 Å². The second-order valence-electron chi connectivity index (χ2n) is 11.8. The van der Waals surface area contributed by atoms with E-state index in [0.29, 0.717) is 13.0 Å². The maximum absolute atomic E-state index is 11.7. The number of nitriles is 1. The number of aromatic hydroxyl groups is 4. The molecule has 1 fully saturated rings. The Hall–Kier alpha value is -5.07. The molecule has 2 atom stereocenters. The number of esters is 3. The predicted octanol–water partition coefficient (Wildman–Crippen LogP) is 4.29. The van der Waals surface area contributed by atoms with Crippen molar-refractivity contribution in [3.8, 4) is 29.1 Å². The van der Waals surface area contributed by atoms with Gasteiger partial charge in [-0.05, 0) is 76.9 Å². The minimum atomic E-state index is -1.15. The molecule has 0 radical (unpaired) electrons. The molecule has 1 aliphatic heterocycles. The van der Waals surface area contributed by atoms with Crippen molar-refractivity contribution < 1.29 is 68.8 Å². The third kappa shape index (κ3) is 17.1. The van der Waals surface area contributed by atoms with Gasteiger partial charge < -0.3 is 49.6 Å². The molecule has 2 unspecified atom stereocenters. The molecule has 0 spiro atoms. The Labute approximate surface area is 285 Å². The Bertz CT molecular complexity index is 1430. The summed E-state index contributed by atoms with van der Waals surface area (Å²) in [6.07, 6.45) is 0.418. The van der Waals surface area contributed by atoms with E-state index in [1.165, 1.54) is 19.1 Å². The van der Waals surface area contributed by atoms with Crippen LogP contribution in [0.4, 0.5) is 0 Å². The fourth-order valence-electron chi connectivity index (χ4n) is 2.79. The first kappa shape index (κ1) is 43.9. The molecule has 0 amide bonds. The van der Waals surface area contributed by atoms with Gasteiger partial charge in [-0.2, -0.15) is 5.26 Å². The smallest absolute Gasteiger partial charge is 0.338 e. The van der Waals surface area contributed by atoms with Gasteiger partial charge in [0.2, 0.25) is 0 Å². The van der Waals surface area contributed by atoms with Crippen molar-refractivity contribution >= 4 is 23.9 Å². The number of ether oxygens (including phenoxy) is 4. The Balaban J connectivity index is 0.000000740. The number of carboxylic acid groups (broad SMARTS) is 1. The molecule has 1 heterocycles. The lowest BCUT2D eigenvalue weighted by molar-refractivity contribution is -0.157. The average Bonchev–Trinajstić information content (AvgIpc) is 3.89. The second kappa shape index (κ2) is 21.0. The number of benzene rings is 2.